The molecule has 1 fully saturated rings. The molecule has 1 saturated heterocycles. The second-order valence-corrected chi connectivity index (χ2v) is 9.00. The highest BCUT2D eigenvalue weighted by Gasteiger charge is 2.28. The molecule has 2 aromatic heterocycles. The highest BCUT2D eigenvalue weighted by molar-refractivity contribution is 7.99. The minimum absolute atomic E-state index is 0.0901. The van der Waals surface area contributed by atoms with E-state index in [1.807, 2.05) is 36.9 Å². The Morgan fingerprint density at radius 2 is 2.12 bits per heavy atom. The number of nitrogens with one attached hydrogen (secondary N) is 1. The van der Waals surface area contributed by atoms with E-state index in [1.165, 1.54) is 11.8 Å². The third kappa shape index (κ3) is 7.06. The molecule has 0 aliphatic carbocycles. The molecule has 0 bridgehead atoms. The first-order chi connectivity index (χ1) is 15.5. The highest BCUT2D eigenvalue weighted by Crippen LogP contribution is 2.24. The Labute approximate surface area is 198 Å². The van der Waals surface area contributed by atoms with Crippen molar-refractivity contribution in [3.05, 3.63) is 41.3 Å². The Hall–Kier alpha value is -2.39. The van der Waals surface area contributed by atoms with E-state index in [0.29, 0.717) is 49.3 Å². The fourth-order valence-corrected chi connectivity index (χ4v) is 4.47. The second kappa shape index (κ2) is 12.0. The monoisotopic (exact) mass is 476 g/mol. The van der Waals surface area contributed by atoms with E-state index in [1.54, 1.807) is 12.3 Å². The van der Waals surface area contributed by atoms with Crippen LogP contribution >= 0.6 is 23.4 Å². The minimum atomic E-state index is -0.0901. The summed E-state index contributed by atoms with van der Waals surface area (Å²) in [5.74, 6) is 1.04. The molecular weight excluding hydrogens is 448 g/mol. The van der Waals surface area contributed by atoms with Gasteiger partial charge >= 0.3 is 0 Å². The quantitative estimate of drug-likeness (QED) is 0.338. The number of thioether (sulfide) groups is 1. The smallest absolute Gasteiger partial charge is 0.230 e. The third-order valence-electron chi connectivity index (χ3n) is 5.16. The highest BCUT2D eigenvalue weighted by atomic mass is 35.5. The van der Waals surface area contributed by atoms with Gasteiger partial charge in [-0.25, -0.2) is 9.97 Å². The molecule has 0 aromatic carbocycles. The Kier molecular flexibility index (Phi) is 9.11. The number of halogens is 1. The maximum atomic E-state index is 12.3. The van der Waals surface area contributed by atoms with Crippen LogP contribution in [0.2, 0.25) is 5.15 Å². The van der Waals surface area contributed by atoms with Crippen LogP contribution in [0, 0.1) is 0 Å². The van der Waals surface area contributed by atoms with Crippen LogP contribution in [0.3, 0.4) is 0 Å². The summed E-state index contributed by atoms with van der Waals surface area (Å²) >= 11 is 7.48. The largest absolute Gasteiger partial charge is 0.355 e. The predicted octanol–water partition coefficient (Wildman–Crippen LogP) is 2.81. The van der Waals surface area contributed by atoms with Gasteiger partial charge in [0.1, 0.15) is 11.0 Å². The predicted molar refractivity (Wildman–Crippen MR) is 127 cm³/mol. The standard InChI is InChI=1S/C22H29ClN6O2S/c1-3-6-21(31)29-12-11-28(14-16(29)2)19-13-18(23)26-22(27-19)32-15-20(30)25-10-8-17-7-4-5-9-24-17/h4-5,7,9,13,16H,3,6,8,10-12,14-15H2,1-2H3,(H,25,30). The molecule has 1 aliphatic heterocycles. The van der Waals surface area contributed by atoms with Crippen LogP contribution < -0.4 is 10.2 Å². The molecule has 2 aromatic rings. The number of hydrogen-bond acceptors (Lipinski definition) is 7. The average Bonchev–Trinajstić information content (AvgIpc) is 2.78. The van der Waals surface area contributed by atoms with Gasteiger partial charge < -0.3 is 15.1 Å². The number of rotatable bonds is 9. The number of carbonyl (C=O) groups is 2. The van der Waals surface area contributed by atoms with Crippen molar-refractivity contribution in [3.63, 3.8) is 0 Å². The zero-order valence-corrected chi connectivity index (χ0v) is 20.0. The van der Waals surface area contributed by atoms with Crippen molar-refractivity contribution in [2.75, 3.05) is 36.8 Å². The molecule has 0 spiro atoms. The van der Waals surface area contributed by atoms with Crippen molar-refractivity contribution >= 4 is 41.0 Å². The Morgan fingerprint density at radius 3 is 2.84 bits per heavy atom. The first-order valence-corrected chi connectivity index (χ1v) is 12.2. The Morgan fingerprint density at radius 1 is 1.28 bits per heavy atom. The van der Waals surface area contributed by atoms with E-state index < -0.39 is 0 Å². The first kappa shape index (κ1) is 24.3. The van der Waals surface area contributed by atoms with Crippen molar-refractivity contribution in [2.45, 2.75) is 44.3 Å². The van der Waals surface area contributed by atoms with E-state index in [-0.39, 0.29) is 23.6 Å². The van der Waals surface area contributed by atoms with E-state index in [9.17, 15) is 9.59 Å². The SMILES string of the molecule is CCCC(=O)N1CCN(c2cc(Cl)nc(SCC(=O)NCCc3ccccn3)n2)CC1C. The van der Waals surface area contributed by atoms with Crippen LogP contribution in [0.5, 0.6) is 0 Å². The number of anilines is 1. The molecule has 1 N–H and O–H groups in total. The summed E-state index contributed by atoms with van der Waals surface area (Å²) in [4.78, 5) is 41.6. The summed E-state index contributed by atoms with van der Waals surface area (Å²) < 4.78 is 0. The zero-order valence-electron chi connectivity index (χ0n) is 18.5. The molecule has 0 radical (unpaired) electrons. The Balaban J connectivity index is 1.51. The summed E-state index contributed by atoms with van der Waals surface area (Å²) in [7, 11) is 0. The van der Waals surface area contributed by atoms with Crippen LogP contribution in [-0.2, 0) is 16.0 Å². The molecule has 1 unspecified atom stereocenters. The lowest BCUT2D eigenvalue weighted by atomic mass is 10.1. The fraction of sp³-hybridized carbons (Fsp3) is 0.500. The molecule has 3 rings (SSSR count). The van der Waals surface area contributed by atoms with Crippen LogP contribution in [-0.4, -0.2) is 69.6 Å². The van der Waals surface area contributed by atoms with Gasteiger partial charge in [0.25, 0.3) is 0 Å². The zero-order chi connectivity index (χ0) is 22.9. The lowest BCUT2D eigenvalue weighted by molar-refractivity contribution is -0.133. The lowest BCUT2D eigenvalue weighted by Crippen LogP contribution is -2.54. The molecule has 1 aliphatic rings. The van der Waals surface area contributed by atoms with Crippen molar-refractivity contribution < 1.29 is 9.59 Å². The average molecular weight is 477 g/mol. The van der Waals surface area contributed by atoms with Gasteiger partial charge in [-0.1, -0.05) is 36.4 Å². The van der Waals surface area contributed by atoms with Gasteiger partial charge in [0.15, 0.2) is 5.16 Å². The number of amides is 2. The van der Waals surface area contributed by atoms with Crippen molar-refractivity contribution in [1.82, 2.24) is 25.2 Å². The van der Waals surface area contributed by atoms with Crippen molar-refractivity contribution in [3.8, 4) is 0 Å². The number of piperazine rings is 1. The third-order valence-corrected chi connectivity index (χ3v) is 6.20. The molecule has 0 saturated carbocycles. The number of pyridine rings is 1. The van der Waals surface area contributed by atoms with Gasteiger partial charge in [0.2, 0.25) is 11.8 Å². The molecular formula is C22H29ClN6O2S. The van der Waals surface area contributed by atoms with Gasteiger partial charge in [0, 0.05) is 63.0 Å². The van der Waals surface area contributed by atoms with Crippen molar-refractivity contribution in [1.29, 1.82) is 0 Å². The molecule has 8 nitrogen and oxygen atoms in total. The molecule has 32 heavy (non-hydrogen) atoms. The molecule has 172 valence electrons. The molecule has 10 heteroatoms. The van der Waals surface area contributed by atoms with Crippen LogP contribution in [0.25, 0.3) is 0 Å². The van der Waals surface area contributed by atoms with E-state index >= 15 is 0 Å². The number of hydrogen-bond donors (Lipinski definition) is 1. The van der Waals surface area contributed by atoms with E-state index in [4.69, 9.17) is 11.6 Å². The summed E-state index contributed by atoms with van der Waals surface area (Å²) in [6, 6.07) is 7.55. The molecule has 1 atom stereocenters. The normalized spacial score (nSPS) is 16.2. The first-order valence-electron chi connectivity index (χ1n) is 10.8. The fourth-order valence-electron chi connectivity index (χ4n) is 3.56. The van der Waals surface area contributed by atoms with Crippen molar-refractivity contribution in [2.24, 2.45) is 0 Å². The van der Waals surface area contributed by atoms with Gasteiger partial charge in [-0.15, -0.1) is 0 Å². The number of aromatic nitrogens is 3. The Bertz CT molecular complexity index is 917. The summed E-state index contributed by atoms with van der Waals surface area (Å²) in [5.41, 5.74) is 0.939. The van der Waals surface area contributed by atoms with Gasteiger partial charge in [-0.05, 0) is 25.5 Å². The minimum Gasteiger partial charge on any atom is -0.355 e. The van der Waals surface area contributed by atoms with Crippen LogP contribution in [0.1, 0.15) is 32.4 Å². The summed E-state index contributed by atoms with van der Waals surface area (Å²) in [6.45, 7) is 6.61. The summed E-state index contributed by atoms with van der Waals surface area (Å²) in [5, 5.41) is 3.69. The lowest BCUT2D eigenvalue weighted by Gasteiger charge is -2.40. The van der Waals surface area contributed by atoms with Gasteiger partial charge in [-0.2, -0.15) is 0 Å². The van der Waals surface area contributed by atoms with Crippen LogP contribution in [0.4, 0.5) is 5.82 Å². The van der Waals surface area contributed by atoms with Gasteiger partial charge in [-0.3, -0.25) is 14.6 Å². The summed E-state index contributed by atoms with van der Waals surface area (Å²) in [6.07, 6.45) is 3.85. The topological polar surface area (TPSA) is 91.3 Å². The van der Waals surface area contributed by atoms with Crippen LogP contribution in [0.15, 0.2) is 35.6 Å². The van der Waals surface area contributed by atoms with E-state index in [0.717, 1.165) is 17.9 Å². The maximum absolute atomic E-state index is 12.3. The maximum Gasteiger partial charge on any atom is 0.230 e. The molecule has 3 heterocycles. The second-order valence-electron chi connectivity index (χ2n) is 7.67. The van der Waals surface area contributed by atoms with E-state index in [2.05, 4.69) is 25.2 Å². The van der Waals surface area contributed by atoms with Gasteiger partial charge in [0.05, 0.1) is 5.75 Å². The molecule has 2 amide bonds. The number of carbonyl (C=O) groups excluding carboxylic acids is 2. The number of nitrogens with zero attached hydrogens (tertiary/aromatic N) is 5.